The summed E-state index contributed by atoms with van der Waals surface area (Å²) in [6.45, 7) is 9.26. The summed E-state index contributed by atoms with van der Waals surface area (Å²) in [6, 6.07) is -0.0706. The Hall–Kier alpha value is -1.93. The molecular weight excluding hydrogens is 368 g/mol. The van der Waals surface area contributed by atoms with Gasteiger partial charge >= 0.3 is 0 Å². The third-order valence-corrected chi connectivity index (χ3v) is 5.60. The number of hydrogen-bond donors (Lipinski definition) is 0. The lowest BCUT2D eigenvalue weighted by atomic mass is 10.1. The maximum absolute atomic E-state index is 13.3. The lowest BCUT2D eigenvalue weighted by molar-refractivity contribution is 0.0670. The summed E-state index contributed by atoms with van der Waals surface area (Å²) < 4.78 is 9.12. The Bertz CT molecular complexity index is 858. The Morgan fingerprint density at radius 2 is 2.15 bits per heavy atom. The molecule has 0 aliphatic carbocycles. The van der Waals surface area contributed by atoms with Crippen LogP contribution in [0.4, 0.5) is 0 Å². The first-order chi connectivity index (χ1) is 13.0. The van der Waals surface area contributed by atoms with Gasteiger partial charge in [0.25, 0.3) is 5.91 Å². The van der Waals surface area contributed by atoms with Crippen LogP contribution in [-0.2, 0) is 24.4 Å². The predicted molar refractivity (Wildman–Crippen MR) is 99.5 cm³/mol. The van der Waals surface area contributed by atoms with Gasteiger partial charge in [0.2, 0.25) is 5.82 Å². The Kier molecular flexibility index (Phi) is 4.94. The third kappa shape index (κ3) is 3.25. The zero-order valence-electron chi connectivity index (χ0n) is 16.0. The molecule has 146 valence electrons. The van der Waals surface area contributed by atoms with Crippen LogP contribution in [-0.4, -0.2) is 48.5 Å². The molecule has 0 spiro atoms. The molecule has 1 fully saturated rings. The highest BCUT2D eigenvalue weighted by Crippen LogP contribution is 2.38. The van der Waals surface area contributed by atoms with Crippen molar-refractivity contribution in [3.05, 3.63) is 28.1 Å². The summed E-state index contributed by atoms with van der Waals surface area (Å²) >= 11 is 6.68. The number of ether oxygens (including phenoxy) is 1. The van der Waals surface area contributed by atoms with Crippen molar-refractivity contribution in [3.8, 4) is 0 Å². The Balaban J connectivity index is 1.64. The van der Waals surface area contributed by atoms with Crippen LogP contribution in [0.15, 0.2) is 0 Å². The van der Waals surface area contributed by atoms with Gasteiger partial charge in [0.1, 0.15) is 11.8 Å². The van der Waals surface area contributed by atoms with E-state index in [-0.39, 0.29) is 11.9 Å². The van der Waals surface area contributed by atoms with Gasteiger partial charge < -0.3 is 14.2 Å². The molecule has 8 nitrogen and oxygen atoms in total. The van der Waals surface area contributed by atoms with Crippen LogP contribution < -0.4 is 0 Å². The van der Waals surface area contributed by atoms with Crippen molar-refractivity contribution < 1.29 is 9.53 Å². The van der Waals surface area contributed by atoms with Gasteiger partial charge in [-0.05, 0) is 25.7 Å². The fraction of sp³-hybridized carbons (Fsp3) is 0.667. The molecule has 4 rings (SSSR count). The molecule has 9 heteroatoms. The number of likely N-dealkylation sites (tertiary alicyclic amines) is 1. The molecule has 4 heterocycles. The highest BCUT2D eigenvalue weighted by atomic mass is 35.5. The number of halogens is 1. The van der Waals surface area contributed by atoms with Crippen LogP contribution in [0.1, 0.15) is 60.4 Å². The highest BCUT2D eigenvalue weighted by Gasteiger charge is 2.37. The van der Waals surface area contributed by atoms with Crippen LogP contribution in [0.5, 0.6) is 0 Å². The van der Waals surface area contributed by atoms with Crippen LogP contribution in [0.3, 0.4) is 0 Å². The number of fused-ring (bicyclic) bond motifs is 1. The monoisotopic (exact) mass is 392 g/mol. The van der Waals surface area contributed by atoms with Gasteiger partial charge in [-0.2, -0.15) is 5.10 Å². The number of nitrogens with zero attached hydrogens (tertiary/aromatic N) is 6. The van der Waals surface area contributed by atoms with Crippen molar-refractivity contribution in [2.75, 3.05) is 13.2 Å². The number of aromatic nitrogens is 5. The summed E-state index contributed by atoms with van der Waals surface area (Å²) in [5, 5.41) is 13.5. The summed E-state index contributed by atoms with van der Waals surface area (Å²) in [5.41, 5.74) is 1.85. The minimum Gasteiger partial charge on any atom is -0.372 e. The molecule has 2 aliphatic heterocycles. The topological polar surface area (TPSA) is 78.1 Å². The van der Waals surface area contributed by atoms with Crippen molar-refractivity contribution in [2.24, 2.45) is 5.92 Å². The van der Waals surface area contributed by atoms with Crippen LogP contribution in [0, 0.1) is 12.8 Å². The van der Waals surface area contributed by atoms with Gasteiger partial charge in [-0.3, -0.25) is 9.48 Å². The number of hydrogen-bond acceptors (Lipinski definition) is 5. The quantitative estimate of drug-likeness (QED) is 0.799. The Morgan fingerprint density at radius 3 is 2.93 bits per heavy atom. The molecule has 27 heavy (non-hydrogen) atoms. The second-order valence-corrected chi connectivity index (χ2v) is 8.02. The van der Waals surface area contributed by atoms with Gasteiger partial charge in [-0.1, -0.05) is 25.4 Å². The minimum atomic E-state index is -0.0924. The van der Waals surface area contributed by atoms with Crippen LogP contribution in [0.2, 0.25) is 5.15 Å². The number of rotatable bonds is 4. The molecule has 1 unspecified atom stereocenters. The van der Waals surface area contributed by atoms with Crippen molar-refractivity contribution in [1.82, 2.24) is 29.4 Å². The molecule has 0 bridgehead atoms. The van der Waals surface area contributed by atoms with Gasteiger partial charge in [0, 0.05) is 25.2 Å². The standard InChI is InChI=1S/C18H25ClN6O2/c1-11(2)9-25-16(19)15(12(3)22-25)13-5-4-6-23(13)18(26)17-21-20-14-10-27-8-7-24(14)17/h11,13H,4-10H2,1-3H3. The zero-order chi connectivity index (χ0) is 19.1. The molecule has 0 aromatic carbocycles. The molecule has 2 aromatic heterocycles. The van der Waals surface area contributed by atoms with E-state index in [9.17, 15) is 4.79 Å². The lowest BCUT2D eigenvalue weighted by Crippen LogP contribution is -2.34. The number of carbonyl (C=O) groups excluding carboxylic acids is 1. The molecule has 2 aliphatic rings. The van der Waals surface area contributed by atoms with E-state index in [1.165, 1.54) is 0 Å². The van der Waals surface area contributed by atoms with Crippen molar-refractivity contribution in [2.45, 2.75) is 59.4 Å². The van der Waals surface area contributed by atoms with Gasteiger partial charge in [0.05, 0.1) is 18.3 Å². The van der Waals surface area contributed by atoms with E-state index in [2.05, 4.69) is 29.1 Å². The average Bonchev–Trinajstić information content (AvgIpc) is 3.32. The summed E-state index contributed by atoms with van der Waals surface area (Å²) in [6.07, 6.45) is 1.81. The minimum absolute atomic E-state index is 0.0706. The molecule has 2 aromatic rings. The Morgan fingerprint density at radius 1 is 1.33 bits per heavy atom. The number of aryl methyl sites for hydroxylation is 1. The summed E-state index contributed by atoms with van der Waals surface area (Å²) in [7, 11) is 0. The normalized spacial score (nSPS) is 19.7. The fourth-order valence-corrected chi connectivity index (χ4v) is 4.38. The Labute approximate surface area is 163 Å². The maximum atomic E-state index is 13.3. The lowest BCUT2D eigenvalue weighted by Gasteiger charge is -2.25. The molecule has 1 saturated heterocycles. The SMILES string of the molecule is Cc1nn(CC(C)C)c(Cl)c1C1CCCN1C(=O)c1nnc2n1CCOC2. The van der Waals surface area contributed by atoms with E-state index < -0.39 is 0 Å². The van der Waals surface area contributed by atoms with Crippen LogP contribution in [0.25, 0.3) is 0 Å². The number of carbonyl (C=O) groups is 1. The summed E-state index contributed by atoms with van der Waals surface area (Å²) in [4.78, 5) is 15.1. The second kappa shape index (κ2) is 7.24. The van der Waals surface area contributed by atoms with E-state index >= 15 is 0 Å². The molecule has 0 radical (unpaired) electrons. The highest BCUT2D eigenvalue weighted by molar-refractivity contribution is 6.30. The maximum Gasteiger partial charge on any atom is 0.292 e. The van der Waals surface area contributed by atoms with Crippen molar-refractivity contribution >= 4 is 17.5 Å². The van der Waals surface area contributed by atoms with E-state index in [4.69, 9.17) is 16.3 Å². The van der Waals surface area contributed by atoms with Crippen molar-refractivity contribution in [3.63, 3.8) is 0 Å². The average molecular weight is 393 g/mol. The largest absolute Gasteiger partial charge is 0.372 e. The van der Waals surface area contributed by atoms with E-state index in [1.807, 2.05) is 21.1 Å². The third-order valence-electron chi connectivity index (χ3n) is 5.20. The first kappa shape index (κ1) is 18.4. The van der Waals surface area contributed by atoms with Gasteiger partial charge in [0.15, 0.2) is 5.82 Å². The first-order valence-corrected chi connectivity index (χ1v) is 9.88. The molecule has 1 amide bonds. The summed E-state index contributed by atoms with van der Waals surface area (Å²) in [5.74, 6) is 1.45. The fourth-order valence-electron chi connectivity index (χ4n) is 4.01. The van der Waals surface area contributed by atoms with E-state index in [0.717, 1.165) is 30.6 Å². The van der Waals surface area contributed by atoms with E-state index in [0.29, 0.717) is 49.0 Å². The van der Waals surface area contributed by atoms with E-state index in [1.54, 1.807) is 0 Å². The van der Waals surface area contributed by atoms with Crippen molar-refractivity contribution in [1.29, 1.82) is 0 Å². The number of amides is 1. The zero-order valence-corrected chi connectivity index (χ0v) is 16.7. The van der Waals surface area contributed by atoms with Gasteiger partial charge in [-0.15, -0.1) is 10.2 Å². The molecular formula is C18H25ClN6O2. The molecule has 0 N–H and O–H groups in total. The molecule has 0 saturated carbocycles. The van der Waals surface area contributed by atoms with Gasteiger partial charge in [-0.25, -0.2) is 0 Å². The predicted octanol–water partition coefficient (Wildman–Crippen LogP) is 2.60. The smallest absolute Gasteiger partial charge is 0.292 e. The molecule has 1 atom stereocenters. The first-order valence-electron chi connectivity index (χ1n) is 9.51. The second-order valence-electron chi connectivity index (χ2n) is 7.67. The van der Waals surface area contributed by atoms with Crippen LogP contribution >= 0.6 is 11.6 Å².